The van der Waals surface area contributed by atoms with Gasteiger partial charge in [0.15, 0.2) is 0 Å². The maximum Gasteiger partial charge on any atom is 0.257 e. The second-order valence-electron chi connectivity index (χ2n) is 4.46. The molecule has 0 radical (unpaired) electrons. The Bertz CT molecular complexity index is 804. The van der Waals surface area contributed by atoms with Crippen molar-refractivity contribution >= 4 is 33.2 Å². The number of carbonyl (C=O) groups excluding carboxylic acids is 1. The molecule has 21 heavy (non-hydrogen) atoms. The van der Waals surface area contributed by atoms with E-state index in [2.05, 4.69) is 5.32 Å². The number of nitrogens with two attached hydrogens (primary N) is 1. The Hall–Kier alpha value is -1.89. The maximum atomic E-state index is 12.2. The van der Waals surface area contributed by atoms with Gasteiger partial charge in [0.2, 0.25) is 10.0 Å². The van der Waals surface area contributed by atoms with E-state index in [0.717, 1.165) is 0 Å². The van der Waals surface area contributed by atoms with Crippen molar-refractivity contribution in [2.24, 2.45) is 5.14 Å². The topological polar surface area (TPSA) is 89.3 Å². The predicted molar refractivity (Wildman–Crippen MR) is 82.0 cm³/mol. The molecule has 0 aliphatic rings. The highest BCUT2D eigenvalue weighted by atomic mass is 35.5. The lowest BCUT2D eigenvalue weighted by Crippen LogP contribution is -2.16. The first-order chi connectivity index (χ1) is 9.79. The molecule has 0 heterocycles. The van der Waals surface area contributed by atoms with Crippen molar-refractivity contribution in [3.8, 4) is 0 Å². The average molecular weight is 325 g/mol. The van der Waals surface area contributed by atoms with Crippen molar-refractivity contribution in [3.63, 3.8) is 0 Å². The van der Waals surface area contributed by atoms with Crippen LogP contribution >= 0.6 is 11.6 Å². The van der Waals surface area contributed by atoms with Crippen molar-refractivity contribution in [2.75, 3.05) is 5.32 Å². The second kappa shape index (κ2) is 5.85. The van der Waals surface area contributed by atoms with Gasteiger partial charge < -0.3 is 5.32 Å². The molecule has 2 aromatic rings. The monoisotopic (exact) mass is 324 g/mol. The molecule has 0 unspecified atom stereocenters. The molecule has 0 spiro atoms. The highest BCUT2D eigenvalue weighted by Crippen LogP contribution is 2.22. The van der Waals surface area contributed by atoms with E-state index in [1.807, 2.05) is 0 Å². The molecule has 0 saturated heterocycles. The summed E-state index contributed by atoms with van der Waals surface area (Å²) in [5.74, 6) is -0.421. The lowest BCUT2D eigenvalue weighted by molar-refractivity contribution is 0.102. The summed E-state index contributed by atoms with van der Waals surface area (Å²) >= 11 is 5.95. The summed E-state index contributed by atoms with van der Waals surface area (Å²) in [5, 5.41) is 8.03. The molecule has 7 heteroatoms. The Morgan fingerprint density at radius 2 is 1.86 bits per heavy atom. The second-order valence-corrected chi connectivity index (χ2v) is 6.42. The minimum Gasteiger partial charge on any atom is -0.322 e. The number of primary sulfonamides is 1. The van der Waals surface area contributed by atoms with Gasteiger partial charge in [0.05, 0.1) is 15.5 Å². The molecule has 0 fully saturated rings. The van der Waals surface area contributed by atoms with Crippen LogP contribution in [-0.4, -0.2) is 14.3 Å². The Morgan fingerprint density at radius 3 is 2.48 bits per heavy atom. The van der Waals surface area contributed by atoms with Crippen molar-refractivity contribution in [3.05, 3.63) is 58.6 Å². The van der Waals surface area contributed by atoms with Crippen LogP contribution in [0.25, 0.3) is 0 Å². The number of hydrogen-bond acceptors (Lipinski definition) is 3. The van der Waals surface area contributed by atoms with E-state index >= 15 is 0 Å². The molecule has 3 N–H and O–H groups in total. The molecule has 1 amide bonds. The zero-order valence-corrected chi connectivity index (χ0v) is 12.7. The Labute approximate surface area is 127 Å². The number of nitrogens with one attached hydrogen (secondary N) is 1. The van der Waals surface area contributed by atoms with Crippen molar-refractivity contribution in [2.45, 2.75) is 11.8 Å². The van der Waals surface area contributed by atoms with Crippen LogP contribution in [0.3, 0.4) is 0 Å². The highest BCUT2D eigenvalue weighted by Gasteiger charge is 2.14. The van der Waals surface area contributed by atoms with E-state index in [-0.39, 0.29) is 4.90 Å². The zero-order valence-electron chi connectivity index (χ0n) is 11.1. The number of carbonyl (C=O) groups is 1. The summed E-state index contributed by atoms with van der Waals surface area (Å²) in [6, 6.07) is 10.9. The fraction of sp³-hybridized carbons (Fsp3) is 0.0714. The molecular weight excluding hydrogens is 312 g/mol. The summed E-state index contributed by atoms with van der Waals surface area (Å²) in [7, 11) is -3.83. The fourth-order valence-electron chi connectivity index (χ4n) is 1.75. The van der Waals surface area contributed by atoms with Crippen molar-refractivity contribution < 1.29 is 13.2 Å². The first kappa shape index (κ1) is 15.5. The van der Waals surface area contributed by atoms with Crippen LogP contribution in [0.1, 0.15) is 15.9 Å². The van der Waals surface area contributed by atoms with Gasteiger partial charge >= 0.3 is 0 Å². The molecular formula is C14H13ClN2O3S. The largest absolute Gasteiger partial charge is 0.322 e. The summed E-state index contributed by atoms with van der Waals surface area (Å²) in [6.07, 6.45) is 0. The number of halogens is 1. The van der Waals surface area contributed by atoms with Gasteiger partial charge in [-0.1, -0.05) is 29.8 Å². The van der Waals surface area contributed by atoms with Gasteiger partial charge in [-0.05, 0) is 36.8 Å². The molecule has 0 saturated carbocycles. The number of rotatable bonds is 3. The normalized spacial score (nSPS) is 11.2. The smallest absolute Gasteiger partial charge is 0.257 e. The number of amides is 1. The fourth-order valence-corrected chi connectivity index (χ4v) is 2.51. The van der Waals surface area contributed by atoms with Crippen LogP contribution < -0.4 is 10.5 Å². The van der Waals surface area contributed by atoms with Crippen molar-refractivity contribution in [1.82, 2.24) is 0 Å². The first-order valence-electron chi connectivity index (χ1n) is 5.98. The van der Waals surface area contributed by atoms with E-state index in [0.29, 0.717) is 21.8 Å². The molecule has 110 valence electrons. The van der Waals surface area contributed by atoms with Crippen LogP contribution in [0.5, 0.6) is 0 Å². The van der Waals surface area contributed by atoms with E-state index < -0.39 is 15.9 Å². The molecule has 2 rings (SSSR count). The quantitative estimate of drug-likeness (QED) is 0.909. The van der Waals surface area contributed by atoms with Gasteiger partial charge in [-0.2, -0.15) is 0 Å². The zero-order chi connectivity index (χ0) is 15.6. The van der Waals surface area contributed by atoms with E-state index in [1.54, 1.807) is 37.3 Å². The van der Waals surface area contributed by atoms with Gasteiger partial charge in [-0.25, -0.2) is 13.6 Å². The van der Waals surface area contributed by atoms with Crippen LogP contribution in [0.2, 0.25) is 5.02 Å². The van der Waals surface area contributed by atoms with E-state index in [9.17, 15) is 13.2 Å². The number of sulfonamides is 1. The number of anilines is 1. The lowest BCUT2D eigenvalue weighted by atomic mass is 10.1. The summed E-state index contributed by atoms with van der Waals surface area (Å²) in [4.78, 5) is 12.1. The molecule has 0 aliphatic heterocycles. The molecule has 0 aliphatic carbocycles. The summed E-state index contributed by atoms with van der Waals surface area (Å²) in [6.45, 7) is 1.75. The SMILES string of the molecule is Cc1ccc(S(N)(=O)=O)cc1NC(=O)c1ccccc1Cl. The number of hydrogen-bond donors (Lipinski definition) is 2. The van der Waals surface area contributed by atoms with Gasteiger partial charge in [0.1, 0.15) is 0 Å². The van der Waals surface area contributed by atoms with Crippen LogP contribution in [0.4, 0.5) is 5.69 Å². The third-order valence-corrected chi connectivity index (χ3v) is 4.14. The van der Waals surface area contributed by atoms with Gasteiger partial charge in [0, 0.05) is 5.69 Å². The summed E-state index contributed by atoms with van der Waals surface area (Å²) in [5.41, 5.74) is 1.38. The first-order valence-corrected chi connectivity index (χ1v) is 7.91. The molecule has 0 bridgehead atoms. The maximum absolute atomic E-state index is 12.2. The Morgan fingerprint density at radius 1 is 1.19 bits per heavy atom. The minimum absolute atomic E-state index is 0.0671. The van der Waals surface area contributed by atoms with Crippen LogP contribution in [-0.2, 0) is 10.0 Å². The van der Waals surface area contributed by atoms with E-state index in [1.165, 1.54) is 12.1 Å². The number of benzene rings is 2. The van der Waals surface area contributed by atoms with Gasteiger partial charge in [-0.15, -0.1) is 0 Å². The molecule has 0 aromatic heterocycles. The number of aryl methyl sites for hydroxylation is 1. The molecule has 2 aromatic carbocycles. The third kappa shape index (κ3) is 3.60. The van der Waals surface area contributed by atoms with Crippen LogP contribution in [0.15, 0.2) is 47.4 Å². The minimum atomic E-state index is -3.83. The third-order valence-electron chi connectivity index (χ3n) is 2.90. The van der Waals surface area contributed by atoms with Gasteiger partial charge in [-0.3, -0.25) is 4.79 Å². The Balaban J connectivity index is 2.36. The van der Waals surface area contributed by atoms with Crippen LogP contribution in [0, 0.1) is 6.92 Å². The Kier molecular flexibility index (Phi) is 4.32. The standard InChI is InChI=1S/C14H13ClN2O3S/c1-9-6-7-10(21(16,19)20)8-13(9)17-14(18)11-4-2-3-5-12(11)15/h2-8H,1H3,(H,17,18)(H2,16,19,20). The molecule has 5 nitrogen and oxygen atoms in total. The summed E-state index contributed by atoms with van der Waals surface area (Å²) < 4.78 is 22.7. The highest BCUT2D eigenvalue weighted by molar-refractivity contribution is 7.89. The van der Waals surface area contributed by atoms with Crippen molar-refractivity contribution in [1.29, 1.82) is 0 Å². The van der Waals surface area contributed by atoms with Gasteiger partial charge in [0.25, 0.3) is 5.91 Å². The predicted octanol–water partition coefficient (Wildman–Crippen LogP) is 2.55. The lowest BCUT2D eigenvalue weighted by Gasteiger charge is -2.10. The molecule has 0 atom stereocenters. The average Bonchev–Trinajstić information content (AvgIpc) is 2.40. The van der Waals surface area contributed by atoms with E-state index in [4.69, 9.17) is 16.7 Å².